The van der Waals surface area contributed by atoms with E-state index in [2.05, 4.69) is 20.9 Å². The number of ether oxygens (including phenoxy) is 1. The number of aryl methyl sites for hydroxylation is 1. The number of hydrogen-bond donors (Lipinski definition) is 1. The third-order valence-electron chi connectivity index (χ3n) is 4.61. The maximum atomic E-state index is 10.5. The van der Waals surface area contributed by atoms with Crippen LogP contribution >= 0.6 is 0 Å². The van der Waals surface area contributed by atoms with Gasteiger partial charge in [-0.05, 0) is 37.4 Å². The molecule has 0 spiro atoms. The number of imidazole rings is 1. The van der Waals surface area contributed by atoms with Crippen LogP contribution in [0.3, 0.4) is 0 Å². The summed E-state index contributed by atoms with van der Waals surface area (Å²) < 4.78 is 6.99. The molecule has 3 heterocycles. The van der Waals surface area contributed by atoms with Gasteiger partial charge >= 0.3 is 0 Å². The third-order valence-corrected chi connectivity index (χ3v) is 4.61. The lowest BCUT2D eigenvalue weighted by Crippen LogP contribution is -2.35. The van der Waals surface area contributed by atoms with Gasteiger partial charge < -0.3 is 14.4 Å². The summed E-state index contributed by atoms with van der Waals surface area (Å²) in [6.45, 7) is 2.86. The number of rotatable bonds is 5. The smallest absolute Gasteiger partial charge is 0.212 e. The van der Waals surface area contributed by atoms with Gasteiger partial charge in [0.05, 0.1) is 7.11 Å². The monoisotopic (exact) mass is 316 g/mol. The Kier molecular flexibility index (Phi) is 4.93. The highest BCUT2D eigenvalue weighted by Gasteiger charge is 2.28. The first-order valence-electron chi connectivity index (χ1n) is 8.04. The first kappa shape index (κ1) is 16.0. The molecule has 1 saturated heterocycles. The number of pyridine rings is 1. The molecule has 6 heteroatoms. The highest BCUT2D eigenvalue weighted by molar-refractivity contribution is 5.17. The number of piperidine rings is 1. The van der Waals surface area contributed by atoms with Crippen LogP contribution in [0.1, 0.15) is 30.3 Å². The summed E-state index contributed by atoms with van der Waals surface area (Å²) in [6.07, 6.45) is 6.98. The highest BCUT2D eigenvalue weighted by atomic mass is 16.5. The van der Waals surface area contributed by atoms with Gasteiger partial charge in [-0.15, -0.1) is 0 Å². The molecule has 1 aliphatic rings. The predicted octanol–water partition coefficient (Wildman–Crippen LogP) is 1.77. The largest absolute Gasteiger partial charge is 0.481 e. The van der Waals surface area contributed by atoms with Crippen molar-refractivity contribution < 1.29 is 9.84 Å². The van der Waals surface area contributed by atoms with Crippen molar-refractivity contribution in [2.75, 3.05) is 20.2 Å². The Balaban J connectivity index is 1.52. The van der Waals surface area contributed by atoms with Crippen molar-refractivity contribution in [1.29, 1.82) is 0 Å². The summed E-state index contributed by atoms with van der Waals surface area (Å²) in [5, 5.41) is 10.5. The minimum atomic E-state index is -0.472. The van der Waals surface area contributed by atoms with E-state index in [1.54, 1.807) is 13.3 Å². The molecule has 0 saturated carbocycles. The van der Waals surface area contributed by atoms with Crippen LogP contribution < -0.4 is 4.74 Å². The minimum absolute atomic E-state index is 0.279. The van der Waals surface area contributed by atoms with Crippen LogP contribution in [0.4, 0.5) is 0 Å². The molecule has 0 radical (unpaired) electrons. The van der Waals surface area contributed by atoms with Crippen molar-refractivity contribution >= 4 is 0 Å². The number of methoxy groups -OCH3 is 1. The van der Waals surface area contributed by atoms with Gasteiger partial charge in [0.2, 0.25) is 5.88 Å². The predicted molar refractivity (Wildman–Crippen MR) is 87.0 cm³/mol. The van der Waals surface area contributed by atoms with Gasteiger partial charge in [-0.1, -0.05) is 6.07 Å². The molecule has 23 heavy (non-hydrogen) atoms. The zero-order chi connectivity index (χ0) is 16.2. The Hall–Kier alpha value is -1.92. The Morgan fingerprint density at radius 3 is 2.65 bits per heavy atom. The standard InChI is InChI=1S/C17H24N4O2/c1-20-10-7-18-17(20)16(22)14-5-8-21(9-6-14)12-13-3-4-15(23-2)19-11-13/h3-4,7,10-11,14,16,22H,5-6,8-9,12H2,1-2H3. The molecule has 0 amide bonds. The molecule has 0 bridgehead atoms. The maximum Gasteiger partial charge on any atom is 0.212 e. The molecule has 124 valence electrons. The number of nitrogens with zero attached hydrogens (tertiary/aromatic N) is 4. The zero-order valence-electron chi connectivity index (χ0n) is 13.7. The van der Waals surface area contributed by atoms with E-state index in [0.717, 1.165) is 38.3 Å². The number of hydrogen-bond acceptors (Lipinski definition) is 5. The zero-order valence-corrected chi connectivity index (χ0v) is 13.7. The quantitative estimate of drug-likeness (QED) is 0.911. The van der Waals surface area contributed by atoms with Gasteiger partial charge in [-0.2, -0.15) is 0 Å². The van der Waals surface area contributed by atoms with E-state index in [-0.39, 0.29) is 5.92 Å². The topological polar surface area (TPSA) is 63.4 Å². The van der Waals surface area contributed by atoms with E-state index in [1.807, 2.05) is 30.1 Å². The van der Waals surface area contributed by atoms with E-state index >= 15 is 0 Å². The fourth-order valence-corrected chi connectivity index (χ4v) is 3.18. The second-order valence-electron chi connectivity index (χ2n) is 6.16. The number of aliphatic hydroxyl groups excluding tert-OH is 1. The first-order chi connectivity index (χ1) is 11.2. The van der Waals surface area contributed by atoms with Crippen LogP contribution in [0.25, 0.3) is 0 Å². The summed E-state index contributed by atoms with van der Waals surface area (Å²) in [6, 6.07) is 3.95. The van der Waals surface area contributed by atoms with Crippen LogP contribution in [0, 0.1) is 5.92 Å². The number of aromatic nitrogens is 3. The van der Waals surface area contributed by atoms with Crippen LogP contribution in [0.2, 0.25) is 0 Å². The lowest BCUT2D eigenvalue weighted by molar-refractivity contribution is 0.0492. The van der Waals surface area contributed by atoms with Crippen molar-refractivity contribution in [2.45, 2.75) is 25.5 Å². The molecule has 1 aliphatic heterocycles. The molecular formula is C17H24N4O2. The van der Waals surface area contributed by atoms with E-state index in [4.69, 9.17) is 4.74 Å². The molecule has 6 nitrogen and oxygen atoms in total. The van der Waals surface area contributed by atoms with Crippen LogP contribution in [0.5, 0.6) is 5.88 Å². The molecule has 2 aromatic heterocycles. The average molecular weight is 316 g/mol. The van der Waals surface area contributed by atoms with Crippen molar-refractivity contribution in [2.24, 2.45) is 13.0 Å². The molecule has 2 aromatic rings. The van der Waals surface area contributed by atoms with Gasteiger partial charge in [-0.25, -0.2) is 9.97 Å². The highest BCUT2D eigenvalue weighted by Crippen LogP contribution is 2.30. The molecule has 0 aromatic carbocycles. The van der Waals surface area contributed by atoms with Crippen molar-refractivity contribution in [3.05, 3.63) is 42.1 Å². The molecule has 0 aliphatic carbocycles. The van der Waals surface area contributed by atoms with E-state index < -0.39 is 6.10 Å². The lowest BCUT2D eigenvalue weighted by Gasteiger charge is -2.34. The van der Waals surface area contributed by atoms with Gasteiger partial charge in [0, 0.05) is 38.2 Å². The lowest BCUT2D eigenvalue weighted by atomic mass is 9.90. The number of likely N-dealkylation sites (tertiary alicyclic amines) is 1. The van der Waals surface area contributed by atoms with E-state index in [0.29, 0.717) is 5.88 Å². The van der Waals surface area contributed by atoms with E-state index in [1.165, 1.54) is 5.56 Å². The second-order valence-corrected chi connectivity index (χ2v) is 6.16. The SMILES string of the molecule is COc1ccc(CN2CCC(C(O)c3nccn3C)CC2)cn1. The minimum Gasteiger partial charge on any atom is -0.481 e. The van der Waals surface area contributed by atoms with Crippen LogP contribution in [0.15, 0.2) is 30.7 Å². The van der Waals surface area contributed by atoms with Crippen molar-refractivity contribution in [3.8, 4) is 5.88 Å². The summed E-state index contributed by atoms with van der Waals surface area (Å²) in [5.41, 5.74) is 1.19. The molecule has 1 unspecified atom stereocenters. The van der Waals surface area contributed by atoms with Gasteiger partial charge in [0.25, 0.3) is 0 Å². The Morgan fingerprint density at radius 1 is 1.30 bits per heavy atom. The Bertz CT molecular complexity index is 618. The van der Waals surface area contributed by atoms with Gasteiger partial charge in [0.1, 0.15) is 11.9 Å². The average Bonchev–Trinajstić information content (AvgIpc) is 3.02. The summed E-state index contributed by atoms with van der Waals surface area (Å²) in [7, 11) is 3.55. The molecular weight excluding hydrogens is 292 g/mol. The summed E-state index contributed by atoms with van der Waals surface area (Å²) >= 11 is 0. The summed E-state index contributed by atoms with van der Waals surface area (Å²) in [4.78, 5) is 10.9. The molecule has 1 N–H and O–H groups in total. The fraction of sp³-hybridized carbons (Fsp3) is 0.529. The Labute approximate surface area is 136 Å². The maximum absolute atomic E-state index is 10.5. The van der Waals surface area contributed by atoms with Crippen LogP contribution in [-0.2, 0) is 13.6 Å². The molecule has 3 rings (SSSR count). The van der Waals surface area contributed by atoms with Gasteiger partial charge in [-0.3, -0.25) is 4.90 Å². The fourth-order valence-electron chi connectivity index (χ4n) is 3.18. The normalized spacial score (nSPS) is 18.0. The van der Waals surface area contributed by atoms with E-state index in [9.17, 15) is 5.11 Å². The first-order valence-corrected chi connectivity index (χ1v) is 8.04. The van der Waals surface area contributed by atoms with Crippen molar-refractivity contribution in [3.63, 3.8) is 0 Å². The Morgan fingerprint density at radius 2 is 2.09 bits per heavy atom. The van der Waals surface area contributed by atoms with Crippen molar-refractivity contribution in [1.82, 2.24) is 19.4 Å². The summed E-state index contributed by atoms with van der Waals surface area (Å²) in [5.74, 6) is 1.69. The second kappa shape index (κ2) is 7.10. The van der Waals surface area contributed by atoms with Gasteiger partial charge in [0.15, 0.2) is 0 Å². The molecule has 1 fully saturated rings. The van der Waals surface area contributed by atoms with Crippen LogP contribution in [-0.4, -0.2) is 44.7 Å². The molecule has 1 atom stereocenters. The number of aliphatic hydroxyl groups is 1. The third kappa shape index (κ3) is 3.71.